The number of hydrogen-bond donors (Lipinski definition) is 2. The molecule has 50 heavy (non-hydrogen) atoms. The molecule has 0 atom stereocenters. The summed E-state index contributed by atoms with van der Waals surface area (Å²) in [5.74, 6) is -2.62. The zero-order chi connectivity index (χ0) is 35.8. The molecule has 0 aliphatic heterocycles. The Kier molecular flexibility index (Phi) is 14.6. The van der Waals surface area contributed by atoms with Crippen molar-refractivity contribution in [3.63, 3.8) is 0 Å². The number of carbonyl (C=O) groups excluding carboxylic acids is 3. The van der Waals surface area contributed by atoms with Gasteiger partial charge in [-0.1, -0.05) is 85.6 Å². The van der Waals surface area contributed by atoms with E-state index in [4.69, 9.17) is 5.73 Å². The fraction of sp³-hybridized carbons (Fsp3) is 0.325. The monoisotopic (exact) mass is 687 g/mol. The average molecular weight is 688 g/mol. The highest BCUT2D eigenvalue weighted by atomic mass is 19.4. The number of nitrogens with one attached hydrogen (secondary N) is 1. The van der Waals surface area contributed by atoms with E-state index in [1.54, 1.807) is 23.1 Å². The molecule has 4 aromatic rings. The van der Waals surface area contributed by atoms with Crippen LogP contribution in [0.5, 0.6) is 5.75 Å². The molecule has 0 heterocycles. The summed E-state index contributed by atoms with van der Waals surface area (Å²) in [6.45, 7) is 2.01. The number of carbonyl (C=O) groups is 3. The number of nitrogens with two attached hydrogens (primary N) is 1. The Hall–Kier alpha value is -4.96. The number of aryl methyl sites for hydroxylation is 1. The van der Waals surface area contributed by atoms with Gasteiger partial charge in [0.2, 0.25) is 5.91 Å². The van der Waals surface area contributed by atoms with Crippen LogP contribution in [-0.4, -0.2) is 48.5 Å². The Balaban J connectivity index is 1.43. The summed E-state index contributed by atoms with van der Waals surface area (Å²) < 4.78 is 42.2. The molecule has 0 bridgehead atoms. The quantitative estimate of drug-likeness (QED) is 0.0636. The summed E-state index contributed by atoms with van der Waals surface area (Å²) in [4.78, 5) is 39.4. The normalized spacial score (nSPS) is 11.2. The van der Waals surface area contributed by atoms with E-state index < -0.39 is 12.1 Å². The maximum atomic E-state index is 13.6. The highest BCUT2D eigenvalue weighted by molar-refractivity contribution is 5.95. The molecule has 0 spiro atoms. The van der Waals surface area contributed by atoms with E-state index in [1.807, 2.05) is 72.8 Å². The Morgan fingerprint density at radius 2 is 1.36 bits per heavy atom. The van der Waals surface area contributed by atoms with Crippen LogP contribution in [0.3, 0.4) is 0 Å². The number of nitrogens with zero attached hydrogens (tertiary/aromatic N) is 1. The van der Waals surface area contributed by atoms with Crippen LogP contribution in [0.15, 0.2) is 103 Å². The number of halogens is 3. The number of rotatable bonds is 18. The lowest BCUT2D eigenvalue weighted by Gasteiger charge is -2.24. The maximum absolute atomic E-state index is 13.6. The van der Waals surface area contributed by atoms with Crippen molar-refractivity contribution in [1.29, 1.82) is 0 Å². The fourth-order valence-corrected chi connectivity index (χ4v) is 5.53. The molecule has 4 aromatic carbocycles. The summed E-state index contributed by atoms with van der Waals surface area (Å²) in [7, 11) is 0. The van der Waals surface area contributed by atoms with Gasteiger partial charge in [-0.15, -0.1) is 0 Å². The van der Waals surface area contributed by atoms with Crippen LogP contribution >= 0.6 is 0 Å². The van der Waals surface area contributed by atoms with Crippen molar-refractivity contribution in [2.75, 3.05) is 19.6 Å². The molecule has 0 unspecified atom stereocenters. The van der Waals surface area contributed by atoms with E-state index in [0.29, 0.717) is 51.0 Å². The van der Waals surface area contributed by atoms with Gasteiger partial charge in [0.15, 0.2) is 0 Å². The van der Waals surface area contributed by atoms with Crippen LogP contribution in [0.25, 0.3) is 11.1 Å². The summed E-state index contributed by atoms with van der Waals surface area (Å²) in [5.41, 5.74) is 10.8. The van der Waals surface area contributed by atoms with Crippen molar-refractivity contribution in [1.82, 2.24) is 10.2 Å². The van der Waals surface area contributed by atoms with Gasteiger partial charge in [0.05, 0.1) is 0 Å². The second-order valence-electron chi connectivity index (χ2n) is 12.2. The molecule has 0 saturated carbocycles. The maximum Gasteiger partial charge on any atom is 0.491 e. The first-order valence-corrected chi connectivity index (χ1v) is 17.0. The summed E-state index contributed by atoms with van der Waals surface area (Å²) >= 11 is 0. The minimum atomic E-state index is -5.08. The van der Waals surface area contributed by atoms with Crippen molar-refractivity contribution in [3.05, 3.63) is 125 Å². The molecular formula is C40H44F3N3O4. The van der Waals surface area contributed by atoms with E-state index in [1.165, 1.54) is 12.1 Å². The van der Waals surface area contributed by atoms with E-state index in [9.17, 15) is 27.6 Å². The summed E-state index contributed by atoms with van der Waals surface area (Å²) in [5, 5.41) is 2.99. The average Bonchev–Trinajstić information content (AvgIpc) is 3.12. The first-order chi connectivity index (χ1) is 24.1. The zero-order valence-electron chi connectivity index (χ0n) is 28.1. The molecule has 10 heteroatoms. The largest absolute Gasteiger partial charge is 0.491 e. The summed E-state index contributed by atoms with van der Waals surface area (Å²) in [6.07, 6.45) is 1.12. The lowest BCUT2D eigenvalue weighted by Crippen LogP contribution is -2.32. The molecule has 2 amide bonds. The van der Waals surface area contributed by atoms with Crippen molar-refractivity contribution in [2.45, 2.75) is 64.1 Å². The number of hydrogen-bond acceptors (Lipinski definition) is 5. The predicted octanol–water partition coefficient (Wildman–Crippen LogP) is 7.66. The van der Waals surface area contributed by atoms with Gasteiger partial charge in [0, 0.05) is 31.6 Å². The first-order valence-electron chi connectivity index (χ1n) is 17.0. The minimum absolute atomic E-state index is 0.0104. The molecular weight excluding hydrogens is 643 g/mol. The molecule has 4 rings (SSSR count). The molecule has 3 N–H and O–H groups in total. The first kappa shape index (κ1) is 37.9. The van der Waals surface area contributed by atoms with Gasteiger partial charge >= 0.3 is 12.1 Å². The van der Waals surface area contributed by atoms with Crippen LogP contribution in [0, 0.1) is 0 Å². The second-order valence-corrected chi connectivity index (χ2v) is 12.2. The molecule has 0 aliphatic carbocycles. The van der Waals surface area contributed by atoms with Gasteiger partial charge in [-0.05, 0) is 96.8 Å². The smallest absolute Gasteiger partial charge is 0.420 e. The Morgan fingerprint density at radius 3 is 2.08 bits per heavy atom. The zero-order valence-corrected chi connectivity index (χ0v) is 28.1. The standard InChI is InChI=1S/C40H44F3N3O4/c41-40(42,43)39(49)50-36-21-19-31(20-22-36)23-26-46(37(47)18-9-13-30-11-4-3-5-12-30)29-32-14-8-15-33(27-32)34-16-10-17-35(28-34)38(48)45-25-7-2-1-6-24-44/h3-5,8,10-12,14-17,19-22,27-28H,1-2,6-7,9,13,18,23-26,29,44H2,(H,45,48). The number of amides is 2. The molecule has 0 aliphatic rings. The van der Waals surface area contributed by atoms with Gasteiger partial charge in [-0.2, -0.15) is 13.2 Å². The van der Waals surface area contributed by atoms with Crippen molar-refractivity contribution < 1.29 is 32.3 Å². The number of alkyl halides is 3. The molecule has 264 valence electrons. The van der Waals surface area contributed by atoms with Crippen molar-refractivity contribution in [2.24, 2.45) is 5.73 Å². The van der Waals surface area contributed by atoms with Crippen LogP contribution < -0.4 is 15.8 Å². The Labute approximate surface area is 291 Å². The Bertz CT molecular complexity index is 1680. The van der Waals surface area contributed by atoms with Crippen LogP contribution in [0.4, 0.5) is 13.2 Å². The molecule has 7 nitrogen and oxygen atoms in total. The predicted molar refractivity (Wildman–Crippen MR) is 188 cm³/mol. The van der Waals surface area contributed by atoms with Crippen LogP contribution in [-0.2, 0) is 29.0 Å². The Morgan fingerprint density at radius 1 is 0.700 bits per heavy atom. The van der Waals surface area contributed by atoms with Gasteiger partial charge in [0.25, 0.3) is 5.91 Å². The third-order valence-corrected chi connectivity index (χ3v) is 8.26. The number of ether oxygens (including phenoxy) is 1. The van der Waals surface area contributed by atoms with Gasteiger partial charge < -0.3 is 20.7 Å². The molecule has 0 fully saturated rings. The van der Waals surface area contributed by atoms with E-state index in [-0.39, 0.29) is 17.6 Å². The third-order valence-electron chi connectivity index (χ3n) is 8.26. The number of benzene rings is 4. The topological polar surface area (TPSA) is 102 Å². The van der Waals surface area contributed by atoms with Crippen LogP contribution in [0.1, 0.15) is 65.6 Å². The fourth-order valence-electron chi connectivity index (χ4n) is 5.53. The van der Waals surface area contributed by atoms with Crippen molar-refractivity contribution >= 4 is 17.8 Å². The second kappa shape index (κ2) is 19.3. The lowest BCUT2D eigenvalue weighted by atomic mass is 10.0. The lowest BCUT2D eigenvalue weighted by molar-refractivity contribution is -0.189. The molecule has 0 radical (unpaired) electrons. The van der Waals surface area contributed by atoms with Crippen LogP contribution in [0.2, 0.25) is 0 Å². The van der Waals surface area contributed by atoms with Gasteiger partial charge in [-0.3, -0.25) is 9.59 Å². The SMILES string of the molecule is NCCCCCCNC(=O)c1cccc(-c2cccc(CN(CCc3ccc(OC(=O)C(F)(F)F)cc3)C(=O)CCCc3ccccc3)c2)c1. The molecule has 0 aromatic heterocycles. The summed E-state index contributed by atoms with van der Waals surface area (Å²) in [6, 6.07) is 31.1. The van der Waals surface area contributed by atoms with E-state index in [0.717, 1.165) is 59.9 Å². The molecule has 0 saturated heterocycles. The van der Waals surface area contributed by atoms with Gasteiger partial charge in [0.1, 0.15) is 5.75 Å². The minimum Gasteiger partial charge on any atom is -0.420 e. The third kappa shape index (κ3) is 12.5. The number of esters is 1. The van der Waals surface area contributed by atoms with E-state index in [2.05, 4.69) is 10.1 Å². The number of unbranched alkanes of at least 4 members (excludes halogenated alkanes) is 3. The van der Waals surface area contributed by atoms with Gasteiger partial charge in [-0.25, -0.2) is 4.79 Å². The van der Waals surface area contributed by atoms with Crippen molar-refractivity contribution in [3.8, 4) is 16.9 Å². The highest BCUT2D eigenvalue weighted by Crippen LogP contribution is 2.24. The highest BCUT2D eigenvalue weighted by Gasteiger charge is 2.41. The van der Waals surface area contributed by atoms with E-state index >= 15 is 0 Å².